The molecule has 0 spiro atoms. The van der Waals surface area contributed by atoms with Gasteiger partial charge in [-0.05, 0) is 51.4 Å². The van der Waals surface area contributed by atoms with Crippen LogP contribution < -0.4 is 0 Å². The van der Waals surface area contributed by atoms with Gasteiger partial charge in [0.05, 0.1) is 0 Å². The molecule has 0 aromatic heterocycles. The van der Waals surface area contributed by atoms with Crippen LogP contribution in [0.1, 0.15) is 58.8 Å². The SMILES string of the molecule is CC[C@@H]1CC[C@@]2(C)C3=C(CCC3)CCN2C1. The Morgan fingerprint density at radius 2 is 2.19 bits per heavy atom. The molecule has 0 saturated carbocycles. The van der Waals surface area contributed by atoms with Gasteiger partial charge >= 0.3 is 0 Å². The van der Waals surface area contributed by atoms with Gasteiger partial charge in [-0.1, -0.05) is 24.5 Å². The number of piperidine rings is 1. The summed E-state index contributed by atoms with van der Waals surface area (Å²) >= 11 is 0. The smallest absolute Gasteiger partial charge is 0.0395 e. The highest BCUT2D eigenvalue weighted by atomic mass is 15.2. The van der Waals surface area contributed by atoms with Crippen molar-refractivity contribution in [2.24, 2.45) is 5.92 Å². The maximum atomic E-state index is 2.81. The molecule has 2 atom stereocenters. The Bertz CT molecular complexity index is 317. The van der Waals surface area contributed by atoms with Crippen LogP contribution in [0.5, 0.6) is 0 Å². The molecular weight excluding hydrogens is 194 g/mol. The molecule has 90 valence electrons. The van der Waals surface area contributed by atoms with E-state index in [0.29, 0.717) is 5.54 Å². The lowest BCUT2D eigenvalue weighted by Crippen LogP contribution is -2.55. The van der Waals surface area contributed by atoms with Crippen LogP contribution >= 0.6 is 0 Å². The van der Waals surface area contributed by atoms with Gasteiger partial charge < -0.3 is 0 Å². The van der Waals surface area contributed by atoms with Crippen LogP contribution in [0.3, 0.4) is 0 Å². The Kier molecular flexibility index (Phi) is 2.62. The largest absolute Gasteiger partial charge is 0.294 e. The summed E-state index contributed by atoms with van der Waals surface area (Å²) in [5.41, 5.74) is 4.16. The molecule has 2 aliphatic heterocycles. The highest BCUT2D eigenvalue weighted by molar-refractivity contribution is 5.33. The molecule has 0 bridgehead atoms. The Morgan fingerprint density at radius 3 is 3.00 bits per heavy atom. The Hall–Kier alpha value is -0.300. The third-order valence-electron chi connectivity index (χ3n) is 5.46. The normalized spacial score (nSPS) is 39.8. The molecular formula is C15H25N. The maximum Gasteiger partial charge on any atom is 0.0395 e. The molecule has 0 unspecified atom stereocenters. The zero-order valence-corrected chi connectivity index (χ0v) is 10.9. The maximum absolute atomic E-state index is 2.81. The Labute approximate surface area is 99.9 Å². The summed E-state index contributed by atoms with van der Waals surface area (Å²) in [6.07, 6.45) is 9.88. The lowest BCUT2D eigenvalue weighted by atomic mass is 9.74. The quantitative estimate of drug-likeness (QED) is 0.607. The van der Waals surface area contributed by atoms with Crippen molar-refractivity contribution < 1.29 is 0 Å². The minimum atomic E-state index is 0.468. The first kappa shape index (κ1) is 10.8. The fourth-order valence-electron chi connectivity index (χ4n) is 4.26. The van der Waals surface area contributed by atoms with Gasteiger partial charge in [0.15, 0.2) is 0 Å². The van der Waals surface area contributed by atoms with Gasteiger partial charge in [-0.2, -0.15) is 0 Å². The standard InChI is InChI=1S/C15H25N/c1-3-12-7-9-15(2)14-6-4-5-13(14)8-10-16(15)11-12/h12H,3-11H2,1-2H3/t12-,15+/m1/s1. The van der Waals surface area contributed by atoms with Gasteiger partial charge in [-0.3, -0.25) is 4.90 Å². The lowest BCUT2D eigenvalue weighted by molar-refractivity contribution is 0.0475. The average molecular weight is 219 g/mol. The van der Waals surface area contributed by atoms with E-state index in [1.807, 2.05) is 11.1 Å². The Morgan fingerprint density at radius 1 is 1.31 bits per heavy atom. The van der Waals surface area contributed by atoms with Gasteiger partial charge in [0.25, 0.3) is 0 Å². The van der Waals surface area contributed by atoms with Gasteiger partial charge in [-0.15, -0.1) is 0 Å². The molecule has 2 heterocycles. The number of nitrogens with zero attached hydrogens (tertiary/aromatic N) is 1. The van der Waals surface area contributed by atoms with Crippen LogP contribution in [0, 0.1) is 5.92 Å². The summed E-state index contributed by atoms with van der Waals surface area (Å²) in [6.45, 7) is 7.59. The van der Waals surface area contributed by atoms with Crippen LogP contribution in [0.25, 0.3) is 0 Å². The van der Waals surface area contributed by atoms with E-state index >= 15 is 0 Å². The second kappa shape index (κ2) is 3.87. The first-order valence-electron chi connectivity index (χ1n) is 7.20. The first-order chi connectivity index (χ1) is 7.74. The van der Waals surface area contributed by atoms with E-state index in [9.17, 15) is 0 Å². The molecule has 0 amide bonds. The summed E-state index contributed by atoms with van der Waals surface area (Å²) in [6, 6.07) is 0. The molecule has 1 aliphatic carbocycles. The molecule has 0 radical (unpaired) electrons. The van der Waals surface area contributed by atoms with Crippen LogP contribution in [0.4, 0.5) is 0 Å². The van der Waals surface area contributed by atoms with Crippen LogP contribution in [0.15, 0.2) is 11.1 Å². The monoisotopic (exact) mass is 219 g/mol. The van der Waals surface area contributed by atoms with E-state index in [1.54, 1.807) is 0 Å². The first-order valence-corrected chi connectivity index (χ1v) is 7.20. The van der Waals surface area contributed by atoms with Crippen molar-refractivity contribution in [3.8, 4) is 0 Å². The lowest BCUT2D eigenvalue weighted by Gasteiger charge is -2.51. The molecule has 1 saturated heterocycles. The number of hydrogen-bond donors (Lipinski definition) is 0. The van der Waals surface area contributed by atoms with Crippen molar-refractivity contribution in [3.63, 3.8) is 0 Å². The third kappa shape index (κ3) is 1.48. The van der Waals surface area contributed by atoms with Crippen LogP contribution in [-0.2, 0) is 0 Å². The summed E-state index contributed by atoms with van der Waals surface area (Å²) in [4.78, 5) is 2.81. The van der Waals surface area contributed by atoms with E-state index in [4.69, 9.17) is 0 Å². The van der Waals surface area contributed by atoms with Crippen LogP contribution in [-0.4, -0.2) is 23.5 Å². The minimum absolute atomic E-state index is 0.468. The van der Waals surface area contributed by atoms with Crippen molar-refractivity contribution in [2.75, 3.05) is 13.1 Å². The summed E-state index contributed by atoms with van der Waals surface area (Å²) < 4.78 is 0. The van der Waals surface area contributed by atoms with Crippen molar-refractivity contribution in [1.29, 1.82) is 0 Å². The number of fused-ring (bicyclic) bond motifs is 2. The van der Waals surface area contributed by atoms with Gasteiger partial charge in [0.1, 0.15) is 0 Å². The zero-order chi connectivity index (χ0) is 11.2. The number of hydrogen-bond acceptors (Lipinski definition) is 1. The molecule has 0 N–H and O–H groups in total. The van der Waals surface area contributed by atoms with Gasteiger partial charge in [-0.25, -0.2) is 0 Å². The minimum Gasteiger partial charge on any atom is -0.294 e. The Balaban J connectivity index is 1.87. The number of rotatable bonds is 1. The second-order valence-corrected chi connectivity index (χ2v) is 6.22. The predicted molar refractivity (Wildman–Crippen MR) is 68.5 cm³/mol. The van der Waals surface area contributed by atoms with Crippen molar-refractivity contribution >= 4 is 0 Å². The molecule has 1 nitrogen and oxygen atoms in total. The molecule has 0 aromatic rings. The van der Waals surface area contributed by atoms with Gasteiger partial charge in [0.2, 0.25) is 0 Å². The van der Waals surface area contributed by atoms with E-state index in [-0.39, 0.29) is 0 Å². The van der Waals surface area contributed by atoms with Crippen molar-refractivity contribution in [1.82, 2.24) is 4.90 Å². The fourth-order valence-corrected chi connectivity index (χ4v) is 4.26. The molecule has 3 aliphatic rings. The fraction of sp³-hybridized carbons (Fsp3) is 0.867. The van der Waals surface area contributed by atoms with Crippen molar-refractivity contribution in [2.45, 2.75) is 64.3 Å². The van der Waals surface area contributed by atoms with Crippen molar-refractivity contribution in [3.05, 3.63) is 11.1 Å². The topological polar surface area (TPSA) is 3.24 Å². The van der Waals surface area contributed by atoms with E-state index in [1.165, 1.54) is 58.0 Å². The molecule has 16 heavy (non-hydrogen) atoms. The average Bonchev–Trinajstić information content (AvgIpc) is 2.77. The zero-order valence-electron chi connectivity index (χ0n) is 10.9. The molecule has 1 fully saturated rings. The third-order valence-corrected chi connectivity index (χ3v) is 5.46. The molecule has 1 heteroatoms. The highest BCUT2D eigenvalue weighted by Crippen LogP contribution is 2.47. The predicted octanol–water partition coefficient (Wildman–Crippen LogP) is 3.75. The van der Waals surface area contributed by atoms with E-state index < -0.39 is 0 Å². The highest BCUT2D eigenvalue weighted by Gasteiger charge is 2.44. The van der Waals surface area contributed by atoms with Gasteiger partial charge in [0, 0.05) is 18.6 Å². The molecule has 3 rings (SSSR count). The van der Waals surface area contributed by atoms with E-state index in [0.717, 1.165) is 5.92 Å². The second-order valence-electron chi connectivity index (χ2n) is 6.22. The summed E-state index contributed by atoms with van der Waals surface area (Å²) in [7, 11) is 0. The van der Waals surface area contributed by atoms with E-state index in [2.05, 4.69) is 18.7 Å². The summed E-state index contributed by atoms with van der Waals surface area (Å²) in [5, 5.41) is 0. The summed E-state index contributed by atoms with van der Waals surface area (Å²) in [5.74, 6) is 0.969. The van der Waals surface area contributed by atoms with Crippen LogP contribution in [0.2, 0.25) is 0 Å². The molecule has 0 aromatic carbocycles.